The zero-order valence-electron chi connectivity index (χ0n) is 17.1. The van der Waals surface area contributed by atoms with Crippen molar-refractivity contribution in [2.24, 2.45) is 4.99 Å². The largest absolute Gasteiger partial charge is 0.444 e. The quantitative estimate of drug-likeness (QED) is 0.400. The number of nitrogens with one attached hydrogen (secondary N) is 3. The third-order valence-electron chi connectivity index (χ3n) is 3.60. The molecule has 0 aliphatic heterocycles. The molecule has 1 amide bonds. The van der Waals surface area contributed by atoms with Gasteiger partial charge < -0.3 is 25.1 Å². The first kappa shape index (κ1) is 21.3. The summed E-state index contributed by atoms with van der Waals surface area (Å²) in [6.45, 7) is 8.90. The number of hydrogen-bond acceptors (Lipinski definition) is 5. The summed E-state index contributed by atoms with van der Waals surface area (Å²) in [7, 11) is 1.68. The Labute approximate surface area is 165 Å². The van der Waals surface area contributed by atoms with Crippen molar-refractivity contribution < 1.29 is 13.9 Å². The first-order valence-corrected chi connectivity index (χ1v) is 9.19. The summed E-state index contributed by atoms with van der Waals surface area (Å²) in [5, 5.41) is 8.96. The van der Waals surface area contributed by atoms with E-state index >= 15 is 0 Å². The fourth-order valence-corrected chi connectivity index (χ4v) is 2.27. The number of benzene rings is 1. The molecule has 152 valence electrons. The number of aromatic nitrogens is 1. The van der Waals surface area contributed by atoms with Crippen LogP contribution in [-0.2, 0) is 11.3 Å². The maximum Gasteiger partial charge on any atom is 0.407 e. The number of carbonyl (C=O) groups is 1. The number of ether oxygens (including phenoxy) is 1. The van der Waals surface area contributed by atoms with Gasteiger partial charge in [0.15, 0.2) is 5.96 Å². The summed E-state index contributed by atoms with van der Waals surface area (Å²) in [6, 6.07) is 8.01. The predicted molar refractivity (Wildman–Crippen MR) is 109 cm³/mol. The molecule has 1 aromatic carbocycles. The zero-order valence-corrected chi connectivity index (χ0v) is 17.1. The molecule has 0 aliphatic carbocycles. The summed E-state index contributed by atoms with van der Waals surface area (Å²) < 4.78 is 10.7. The predicted octanol–water partition coefficient (Wildman–Crippen LogP) is 2.84. The molecule has 2 aromatic rings. The van der Waals surface area contributed by atoms with Crippen LogP contribution in [0, 0.1) is 6.92 Å². The molecule has 0 unspecified atom stereocenters. The van der Waals surface area contributed by atoms with Gasteiger partial charge in [-0.15, -0.1) is 0 Å². The van der Waals surface area contributed by atoms with Crippen LogP contribution in [-0.4, -0.2) is 42.8 Å². The van der Waals surface area contributed by atoms with E-state index in [2.05, 4.69) is 25.9 Å². The normalized spacial score (nSPS) is 11.8. The van der Waals surface area contributed by atoms with Gasteiger partial charge in [0.1, 0.15) is 11.9 Å². The Morgan fingerprint density at radius 2 is 1.82 bits per heavy atom. The standard InChI is InChI=1S/C20H29N5O3/c1-14-6-8-15(9-7-14)17-25-16(13-27-17)12-24-18(21-5)22-10-11-23-19(26)28-20(2,3)4/h6-9,13H,10-12H2,1-5H3,(H,23,26)(H2,21,22,24). The third kappa shape index (κ3) is 7.30. The Bertz CT molecular complexity index is 791. The topological polar surface area (TPSA) is 101 Å². The Hall–Kier alpha value is -3.03. The molecule has 8 heteroatoms. The number of carbonyl (C=O) groups excluding carboxylic acids is 1. The van der Waals surface area contributed by atoms with Crippen LogP contribution in [0.2, 0.25) is 0 Å². The van der Waals surface area contributed by atoms with Gasteiger partial charge in [-0.25, -0.2) is 9.78 Å². The second kappa shape index (κ2) is 9.77. The zero-order chi connectivity index (χ0) is 20.6. The lowest BCUT2D eigenvalue weighted by Crippen LogP contribution is -2.42. The number of hydrogen-bond donors (Lipinski definition) is 3. The molecular formula is C20H29N5O3. The maximum absolute atomic E-state index is 11.6. The number of guanidine groups is 1. The van der Waals surface area contributed by atoms with Crippen molar-refractivity contribution in [1.82, 2.24) is 20.9 Å². The van der Waals surface area contributed by atoms with Gasteiger partial charge >= 0.3 is 6.09 Å². The first-order chi connectivity index (χ1) is 13.3. The van der Waals surface area contributed by atoms with Gasteiger partial charge in [0, 0.05) is 25.7 Å². The number of alkyl carbamates (subject to hydrolysis) is 1. The molecule has 0 aliphatic rings. The van der Waals surface area contributed by atoms with Gasteiger partial charge in [0.25, 0.3) is 0 Å². The Balaban J connectivity index is 1.74. The van der Waals surface area contributed by atoms with Gasteiger partial charge in [0.05, 0.1) is 12.2 Å². The van der Waals surface area contributed by atoms with Gasteiger partial charge in [-0.2, -0.15) is 0 Å². The van der Waals surface area contributed by atoms with Crippen molar-refractivity contribution in [3.63, 3.8) is 0 Å². The summed E-state index contributed by atoms with van der Waals surface area (Å²) in [4.78, 5) is 20.2. The number of nitrogens with zero attached hydrogens (tertiary/aromatic N) is 2. The Morgan fingerprint density at radius 1 is 1.14 bits per heavy atom. The van der Waals surface area contributed by atoms with E-state index < -0.39 is 11.7 Å². The van der Waals surface area contributed by atoms with Crippen molar-refractivity contribution in [1.29, 1.82) is 0 Å². The molecule has 0 saturated carbocycles. The SMILES string of the molecule is CN=C(NCCNC(=O)OC(C)(C)C)NCc1coc(-c2ccc(C)cc2)n1. The molecule has 0 radical (unpaired) electrons. The molecule has 0 spiro atoms. The van der Waals surface area contributed by atoms with Crippen molar-refractivity contribution in [2.75, 3.05) is 20.1 Å². The molecule has 1 aromatic heterocycles. The second-order valence-corrected chi connectivity index (χ2v) is 7.29. The van der Waals surface area contributed by atoms with E-state index in [1.165, 1.54) is 5.56 Å². The van der Waals surface area contributed by atoms with E-state index in [-0.39, 0.29) is 0 Å². The highest BCUT2D eigenvalue weighted by Gasteiger charge is 2.15. The van der Waals surface area contributed by atoms with Crippen LogP contribution in [0.25, 0.3) is 11.5 Å². The second-order valence-electron chi connectivity index (χ2n) is 7.29. The lowest BCUT2D eigenvalue weighted by atomic mass is 10.1. The van der Waals surface area contributed by atoms with Gasteiger partial charge in [-0.05, 0) is 39.8 Å². The lowest BCUT2D eigenvalue weighted by molar-refractivity contribution is 0.0529. The van der Waals surface area contributed by atoms with E-state index in [1.807, 2.05) is 52.0 Å². The van der Waals surface area contributed by atoms with E-state index in [9.17, 15) is 4.79 Å². The van der Waals surface area contributed by atoms with Crippen molar-refractivity contribution in [3.05, 3.63) is 41.8 Å². The highest BCUT2D eigenvalue weighted by Crippen LogP contribution is 2.18. The smallest absolute Gasteiger partial charge is 0.407 e. The van der Waals surface area contributed by atoms with Gasteiger partial charge in [-0.1, -0.05) is 17.7 Å². The van der Waals surface area contributed by atoms with Gasteiger partial charge in [-0.3, -0.25) is 4.99 Å². The average Bonchev–Trinajstić information content (AvgIpc) is 3.09. The molecule has 0 atom stereocenters. The van der Waals surface area contributed by atoms with Crippen LogP contribution >= 0.6 is 0 Å². The van der Waals surface area contributed by atoms with E-state index in [1.54, 1.807) is 13.3 Å². The fourth-order valence-electron chi connectivity index (χ4n) is 2.27. The molecule has 2 rings (SSSR count). The lowest BCUT2D eigenvalue weighted by Gasteiger charge is -2.19. The summed E-state index contributed by atoms with van der Waals surface area (Å²) in [5.74, 6) is 1.19. The molecular weight excluding hydrogens is 358 g/mol. The molecule has 28 heavy (non-hydrogen) atoms. The van der Waals surface area contributed by atoms with Crippen LogP contribution < -0.4 is 16.0 Å². The number of aryl methyl sites for hydroxylation is 1. The van der Waals surface area contributed by atoms with Crippen molar-refractivity contribution >= 4 is 12.1 Å². The van der Waals surface area contributed by atoms with E-state index in [4.69, 9.17) is 9.15 Å². The first-order valence-electron chi connectivity index (χ1n) is 9.19. The maximum atomic E-state index is 11.6. The minimum Gasteiger partial charge on any atom is -0.444 e. The summed E-state index contributed by atoms with van der Waals surface area (Å²) in [5.41, 5.74) is 2.38. The molecule has 0 fully saturated rings. The number of amides is 1. The third-order valence-corrected chi connectivity index (χ3v) is 3.60. The van der Waals surface area contributed by atoms with E-state index in [0.717, 1.165) is 11.3 Å². The molecule has 0 bridgehead atoms. The average molecular weight is 387 g/mol. The van der Waals surface area contributed by atoms with Crippen LogP contribution in [0.15, 0.2) is 39.9 Å². The van der Waals surface area contributed by atoms with E-state index in [0.29, 0.717) is 31.5 Å². The van der Waals surface area contributed by atoms with Gasteiger partial charge in [0.2, 0.25) is 5.89 Å². The van der Waals surface area contributed by atoms with Crippen LogP contribution in [0.3, 0.4) is 0 Å². The van der Waals surface area contributed by atoms with Crippen LogP contribution in [0.4, 0.5) is 4.79 Å². The number of rotatable bonds is 6. The van der Waals surface area contributed by atoms with Crippen LogP contribution in [0.5, 0.6) is 0 Å². The van der Waals surface area contributed by atoms with Crippen LogP contribution in [0.1, 0.15) is 32.0 Å². The summed E-state index contributed by atoms with van der Waals surface area (Å²) in [6.07, 6.45) is 1.18. The Kier molecular flexibility index (Phi) is 7.43. The molecule has 0 saturated heterocycles. The fraction of sp³-hybridized carbons (Fsp3) is 0.450. The molecule has 1 heterocycles. The highest BCUT2D eigenvalue weighted by atomic mass is 16.6. The highest BCUT2D eigenvalue weighted by molar-refractivity contribution is 5.79. The minimum absolute atomic E-state index is 0.414. The minimum atomic E-state index is -0.510. The summed E-state index contributed by atoms with van der Waals surface area (Å²) >= 11 is 0. The monoisotopic (exact) mass is 387 g/mol. The van der Waals surface area contributed by atoms with Crippen molar-refractivity contribution in [3.8, 4) is 11.5 Å². The number of aliphatic imine (C=N–C) groups is 1. The molecule has 8 nitrogen and oxygen atoms in total. The molecule has 3 N–H and O–H groups in total. The number of oxazole rings is 1. The van der Waals surface area contributed by atoms with Crippen molar-refractivity contribution in [2.45, 2.75) is 39.8 Å². The Morgan fingerprint density at radius 3 is 2.46 bits per heavy atom.